The number of benzene rings is 2. The zero-order chi connectivity index (χ0) is 24.4. The fourth-order valence-corrected chi connectivity index (χ4v) is 4.81. The first kappa shape index (κ1) is 24.6. The van der Waals surface area contributed by atoms with Crippen molar-refractivity contribution in [2.45, 2.75) is 44.1 Å². The highest BCUT2D eigenvalue weighted by Gasteiger charge is 2.65. The first-order valence-electron chi connectivity index (χ1n) is 10.5. The Morgan fingerprint density at radius 1 is 1.09 bits per heavy atom. The van der Waals surface area contributed by atoms with E-state index < -0.39 is 38.9 Å². The highest BCUT2D eigenvalue weighted by atomic mass is 32.2. The molecule has 0 bridgehead atoms. The smallest absolute Gasteiger partial charge is 0.313 e. The summed E-state index contributed by atoms with van der Waals surface area (Å²) in [7, 11) is -1.03. The number of methoxy groups -OCH3 is 2. The summed E-state index contributed by atoms with van der Waals surface area (Å²) in [5, 5.41) is 0. The third kappa shape index (κ3) is 5.65. The van der Waals surface area contributed by atoms with Crippen molar-refractivity contribution < 1.29 is 32.2 Å². The van der Waals surface area contributed by atoms with Gasteiger partial charge in [0.05, 0.1) is 30.4 Å². The van der Waals surface area contributed by atoms with Gasteiger partial charge in [0.25, 0.3) is 10.0 Å². The summed E-state index contributed by atoms with van der Waals surface area (Å²) in [6, 6.07) is 12.8. The van der Waals surface area contributed by atoms with E-state index in [1.54, 1.807) is 57.2 Å². The summed E-state index contributed by atoms with van der Waals surface area (Å²) < 4.78 is 43.6. The Kier molecular flexibility index (Phi) is 6.74. The fourth-order valence-electron chi connectivity index (χ4n) is 3.76. The zero-order valence-electron chi connectivity index (χ0n) is 19.4. The van der Waals surface area contributed by atoms with E-state index in [2.05, 4.69) is 4.72 Å². The molecule has 0 spiro atoms. The van der Waals surface area contributed by atoms with E-state index in [1.807, 2.05) is 0 Å². The molecule has 1 saturated carbocycles. The minimum Gasteiger partial charge on any atom is -0.497 e. The second-order valence-corrected chi connectivity index (χ2v) is 10.8. The first-order valence-corrected chi connectivity index (χ1v) is 12.0. The summed E-state index contributed by atoms with van der Waals surface area (Å²) in [6.07, 6.45) is 0.540. The standard InChI is InChI=1S/C24H29NO7S/c1-23(2,3)32-21(26)20-15-24(20,22(27)31-5)14-16-7-6-8-17(13-16)25-33(28,29)19-11-9-18(30-4)10-12-19/h6-13,20,25H,14-15H2,1-5H3/t20?,24-/m0/s1. The molecule has 2 aromatic carbocycles. The lowest BCUT2D eigenvalue weighted by Gasteiger charge is -2.21. The molecule has 0 heterocycles. The Morgan fingerprint density at radius 3 is 2.33 bits per heavy atom. The fraction of sp³-hybridized carbons (Fsp3) is 0.417. The number of carbonyl (C=O) groups excluding carboxylic acids is 2. The molecule has 1 fully saturated rings. The van der Waals surface area contributed by atoms with Crippen LogP contribution in [0.25, 0.3) is 0 Å². The van der Waals surface area contributed by atoms with Crippen molar-refractivity contribution in [3.05, 3.63) is 54.1 Å². The molecule has 0 radical (unpaired) electrons. The quantitative estimate of drug-likeness (QED) is 0.582. The van der Waals surface area contributed by atoms with Crippen LogP contribution in [-0.2, 0) is 35.5 Å². The molecule has 9 heteroatoms. The second-order valence-electron chi connectivity index (χ2n) is 9.10. The topological polar surface area (TPSA) is 108 Å². The van der Waals surface area contributed by atoms with Gasteiger partial charge in [-0.15, -0.1) is 0 Å². The van der Waals surface area contributed by atoms with Crippen LogP contribution in [0.1, 0.15) is 32.8 Å². The monoisotopic (exact) mass is 475 g/mol. The lowest BCUT2D eigenvalue weighted by atomic mass is 9.93. The Hall–Kier alpha value is -3.07. The van der Waals surface area contributed by atoms with E-state index in [4.69, 9.17) is 14.2 Å². The predicted molar refractivity (Wildman–Crippen MR) is 122 cm³/mol. The van der Waals surface area contributed by atoms with Gasteiger partial charge in [0.15, 0.2) is 0 Å². The van der Waals surface area contributed by atoms with Crippen molar-refractivity contribution in [3.8, 4) is 5.75 Å². The minimum absolute atomic E-state index is 0.0897. The average Bonchev–Trinajstić information content (AvgIpc) is 3.47. The summed E-state index contributed by atoms with van der Waals surface area (Å²) >= 11 is 0. The number of sulfonamides is 1. The summed E-state index contributed by atoms with van der Waals surface area (Å²) in [5.74, 6) is -0.983. The lowest BCUT2D eigenvalue weighted by molar-refractivity contribution is -0.161. The van der Waals surface area contributed by atoms with Gasteiger partial charge in [0.2, 0.25) is 0 Å². The lowest BCUT2D eigenvalue weighted by Crippen LogP contribution is -2.30. The van der Waals surface area contributed by atoms with Crippen molar-refractivity contribution in [1.82, 2.24) is 0 Å². The van der Waals surface area contributed by atoms with E-state index in [0.717, 1.165) is 0 Å². The number of hydrogen-bond donors (Lipinski definition) is 1. The Bertz CT molecular complexity index is 1140. The third-order valence-electron chi connectivity index (χ3n) is 5.43. The SMILES string of the molecule is COC(=O)[C@@]1(Cc2cccc(NS(=O)(=O)c3ccc(OC)cc3)c2)CC1C(=O)OC(C)(C)C. The first-order chi connectivity index (χ1) is 15.4. The zero-order valence-corrected chi connectivity index (χ0v) is 20.2. The molecule has 1 N–H and O–H groups in total. The van der Waals surface area contributed by atoms with Crippen LogP contribution >= 0.6 is 0 Å². The van der Waals surface area contributed by atoms with Crippen LogP contribution in [0.15, 0.2) is 53.4 Å². The molecule has 0 amide bonds. The molecule has 0 aromatic heterocycles. The molecule has 1 aliphatic carbocycles. The van der Waals surface area contributed by atoms with Crippen molar-refractivity contribution in [3.63, 3.8) is 0 Å². The largest absolute Gasteiger partial charge is 0.497 e. The molecule has 3 rings (SSSR count). The number of nitrogens with one attached hydrogen (secondary N) is 1. The molecule has 2 atom stereocenters. The maximum Gasteiger partial charge on any atom is 0.313 e. The molecule has 2 aromatic rings. The van der Waals surface area contributed by atoms with Gasteiger partial charge in [-0.25, -0.2) is 8.42 Å². The number of ether oxygens (including phenoxy) is 3. The summed E-state index contributed by atoms with van der Waals surface area (Å²) in [4.78, 5) is 25.2. The van der Waals surface area contributed by atoms with Gasteiger partial charge in [-0.1, -0.05) is 12.1 Å². The average molecular weight is 476 g/mol. The van der Waals surface area contributed by atoms with Crippen LogP contribution in [-0.4, -0.2) is 40.2 Å². The molecule has 33 heavy (non-hydrogen) atoms. The second kappa shape index (κ2) is 9.05. The maximum atomic E-state index is 12.8. The van der Waals surface area contributed by atoms with E-state index in [1.165, 1.54) is 26.4 Å². The minimum atomic E-state index is -3.82. The van der Waals surface area contributed by atoms with Crippen LogP contribution in [0.2, 0.25) is 0 Å². The summed E-state index contributed by atoms with van der Waals surface area (Å²) in [6.45, 7) is 5.31. The number of anilines is 1. The third-order valence-corrected chi connectivity index (χ3v) is 6.82. The molecule has 178 valence electrons. The molecular weight excluding hydrogens is 446 g/mol. The number of esters is 2. The Morgan fingerprint density at radius 2 is 1.76 bits per heavy atom. The molecule has 1 unspecified atom stereocenters. The van der Waals surface area contributed by atoms with Crippen LogP contribution in [0.3, 0.4) is 0 Å². The normalized spacial score (nSPS) is 20.0. The van der Waals surface area contributed by atoms with E-state index >= 15 is 0 Å². The summed E-state index contributed by atoms with van der Waals surface area (Å²) in [5.41, 5.74) is -0.648. The molecule has 8 nitrogen and oxygen atoms in total. The van der Waals surface area contributed by atoms with Crippen LogP contribution in [0.5, 0.6) is 5.75 Å². The van der Waals surface area contributed by atoms with Crippen molar-refractivity contribution >= 4 is 27.6 Å². The van der Waals surface area contributed by atoms with Crippen LogP contribution in [0.4, 0.5) is 5.69 Å². The van der Waals surface area contributed by atoms with Crippen molar-refractivity contribution in [1.29, 1.82) is 0 Å². The van der Waals surface area contributed by atoms with Crippen molar-refractivity contribution in [2.24, 2.45) is 11.3 Å². The molecular formula is C24H29NO7S. The number of carbonyl (C=O) groups is 2. The molecule has 0 aliphatic heterocycles. The van der Waals surface area contributed by atoms with Crippen molar-refractivity contribution in [2.75, 3.05) is 18.9 Å². The van der Waals surface area contributed by atoms with Gasteiger partial charge in [-0.3, -0.25) is 14.3 Å². The van der Waals surface area contributed by atoms with E-state index in [0.29, 0.717) is 23.4 Å². The predicted octanol–water partition coefficient (Wildman–Crippen LogP) is 3.56. The highest BCUT2D eigenvalue weighted by Crippen LogP contribution is 2.56. The Balaban J connectivity index is 1.79. The van der Waals surface area contributed by atoms with Gasteiger partial charge >= 0.3 is 11.9 Å². The highest BCUT2D eigenvalue weighted by molar-refractivity contribution is 7.92. The maximum absolute atomic E-state index is 12.8. The van der Waals surface area contributed by atoms with Gasteiger partial charge in [-0.05, 0) is 75.6 Å². The Labute approximate surface area is 194 Å². The van der Waals surface area contributed by atoms with Gasteiger partial charge in [-0.2, -0.15) is 0 Å². The van der Waals surface area contributed by atoms with E-state index in [9.17, 15) is 18.0 Å². The van der Waals surface area contributed by atoms with Gasteiger partial charge in [0, 0.05) is 5.69 Å². The number of rotatable bonds is 8. The molecule has 0 saturated heterocycles. The van der Waals surface area contributed by atoms with E-state index in [-0.39, 0.29) is 11.3 Å². The van der Waals surface area contributed by atoms with Gasteiger partial charge in [0.1, 0.15) is 11.4 Å². The van der Waals surface area contributed by atoms with Crippen LogP contribution < -0.4 is 9.46 Å². The van der Waals surface area contributed by atoms with Crippen LogP contribution in [0, 0.1) is 11.3 Å². The molecule has 1 aliphatic rings. The number of hydrogen-bond acceptors (Lipinski definition) is 7. The van der Waals surface area contributed by atoms with Gasteiger partial charge < -0.3 is 14.2 Å².